The number of benzene rings is 1. The predicted octanol–water partition coefficient (Wildman–Crippen LogP) is -0.126. The Kier molecular flexibility index (Phi) is 4.46. The first-order valence-electron chi connectivity index (χ1n) is 6.25. The van der Waals surface area contributed by atoms with E-state index in [0.717, 1.165) is 5.69 Å². The molecular weight excluding hydrogens is 481 g/mol. The molecule has 1 unspecified atom stereocenters. The number of nitrogens with zero attached hydrogens (tertiary/aromatic N) is 1. The Hall–Kier alpha value is -0.410. The van der Waals surface area contributed by atoms with Gasteiger partial charge in [0.05, 0.1) is 0 Å². The van der Waals surface area contributed by atoms with Gasteiger partial charge in [0.15, 0.2) is 0 Å². The average Bonchev–Trinajstić information content (AvgIpc) is 2.44. The van der Waals surface area contributed by atoms with Gasteiger partial charge in [-0.1, -0.05) is 0 Å². The summed E-state index contributed by atoms with van der Waals surface area (Å²) < 4.78 is 17.8. The van der Waals surface area contributed by atoms with E-state index in [2.05, 4.69) is 18.0 Å². The van der Waals surface area contributed by atoms with Gasteiger partial charge in [-0.3, -0.25) is 0 Å². The molecule has 0 aliphatic carbocycles. The maximum absolute atomic E-state index is 13.6. The Morgan fingerprint density at radius 1 is 1.35 bits per heavy atom. The van der Waals surface area contributed by atoms with Crippen LogP contribution in [0.3, 0.4) is 0 Å². The van der Waals surface area contributed by atoms with E-state index in [0.29, 0.717) is 10.5 Å². The second kappa shape index (κ2) is 6.15. The SMILES string of the molecule is CC1=IC(CN)c2ccc(F)cc2[I-]c2cccnc21. The molecule has 1 aliphatic heterocycles. The van der Waals surface area contributed by atoms with Crippen molar-refractivity contribution in [2.45, 2.75) is 10.8 Å². The predicted molar refractivity (Wildman–Crippen MR) is 83.6 cm³/mol. The van der Waals surface area contributed by atoms with Gasteiger partial charge in [0.2, 0.25) is 0 Å². The summed E-state index contributed by atoms with van der Waals surface area (Å²) in [6, 6.07) is 9.32. The molecule has 106 valence electrons. The molecule has 0 saturated carbocycles. The summed E-state index contributed by atoms with van der Waals surface area (Å²) in [5.41, 5.74) is 8.38. The molecule has 2 aromatic rings. The molecule has 2 heterocycles. The normalized spacial score (nSPS) is 18.4. The third-order valence-electron chi connectivity index (χ3n) is 3.09. The summed E-state index contributed by atoms with van der Waals surface area (Å²) in [5, 5.41) is 0. The third-order valence-corrected chi connectivity index (χ3v) is 9.43. The van der Waals surface area contributed by atoms with E-state index in [1.807, 2.05) is 18.3 Å². The van der Waals surface area contributed by atoms with Crippen molar-refractivity contribution >= 4 is 24.2 Å². The van der Waals surface area contributed by atoms with Crippen molar-refractivity contribution in [2.24, 2.45) is 5.73 Å². The van der Waals surface area contributed by atoms with E-state index in [4.69, 9.17) is 5.73 Å². The molecule has 20 heavy (non-hydrogen) atoms. The van der Waals surface area contributed by atoms with Gasteiger partial charge in [0, 0.05) is 0 Å². The van der Waals surface area contributed by atoms with Crippen LogP contribution < -0.4 is 26.9 Å². The Morgan fingerprint density at radius 3 is 3.00 bits per heavy atom. The Morgan fingerprint density at radius 2 is 2.20 bits per heavy atom. The summed E-state index contributed by atoms with van der Waals surface area (Å²) in [4.78, 5) is 4.55. The zero-order chi connectivity index (χ0) is 14.1. The fourth-order valence-corrected chi connectivity index (χ4v) is 9.37. The molecule has 0 spiro atoms. The van der Waals surface area contributed by atoms with Crippen molar-refractivity contribution in [3.05, 3.63) is 60.7 Å². The van der Waals surface area contributed by atoms with E-state index < -0.39 is 21.2 Å². The molecule has 1 aromatic heterocycles. The fraction of sp³-hybridized carbons (Fsp3) is 0.200. The number of hydrogen-bond acceptors (Lipinski definition) is 2. The molecule has 1 aromatic carbocycles. The van der Waals surface area contributed by atoms with Crippen molar-refractivity contribution in [1.29, 1.82) is 0 Å². The summed E-state index contributed by atoms with van der Waals surface area (Å²) in [5.74, 6) is -0.149. The van der Waals surface area contributed by atoms with E-state index in [1.54, 1.807) is 12.1 Å². The van der Waals surface area contributed by atoms with E-state index in [9.17, 15) is 4.39 Å². The van der Waals surface area contributed by atoms with Crippen molar-refractivity contribution in [3.63, 3.8) is 0 Å². The van der Waals surface area contributed by atoms with Crippen molar-refractivity contribution < 1.29 is 25.6 Å². The maximum atomic E-state index is 13.6. The molecule has 3 rings (SSSR count). The van der Waals surface area contributed by atoms with Crippen LogP contribution in [0.25, 0.3) is 0 Å². The first-order valence-corrected chi connectivity index (χ1v) is 10.7. The number of rotatable bonds is 1. The van der Waals surface area contributed by atoms with Gasteiger partial charge < -0.3 is 0 Å². The molecule has 0 radical (unpaired) electrons. The van der Waals surface area contributed by atoms with Gasteiger partial charge in [-0.05, 0) is 0 Å². The summed E-state index contributed by atoms with van der Waals surface area (Å²) in [6.07, 6.45) is 1.85. The Labute approximate surface area is 138 Å². The number of aromatic nitrogens is 1. The number of hydrogen-bond donors (Lipinski definition) is 1. The molecule has 1 atom stereocenters. The van der Waals surface area contributed by atoms with Gasteiger partial charge in [0.1, 0.15) is 0 Å². The first kappa shape index (κ1) is 14.5. The van der Waals surface area contributed by atoms with Crippen LogP contribution in [0.5, 0.6) is 0 Å². The zero-order valence-electron chi connectivity index (χ0n) is 10.9. The van der Waals surface area contributed by atoms with Crippen LogP contribution in [0.1, 0.15) is 22.1 Å². The third kappa shape index (κ3) is 2.80. The van der Waals surface area contributed by atoms with Gasteiger partial charge in [-0.15, -0.1) is 0 Å². The van der Waals surface area contributed by atoms with E-state index >= 15 is 0 Å². The molecule has 0 fully saturated rings. The van der Waals surface area contributed by atoms with Gasteiger partial charge in [-0.2, -0.15) is 0 Å². The summed E-state index contributed by atoms with van der Waals surface area (Å²) in [7, 11) is 0. The Bertz CT molecular complexity index is 685. The van der Waals surface area contributed by atoms with Gasteiger partial charge in [-0.25, -0.2) is 0 Å². The minimum atomic E-state index is -0.408. The van der Waals surface area contributed by atoms with Gasteiger partial charge >= 0.3 is 139 Å². The van der Waals surface area contributed by atoms with Gasteiger partial charge in [0.25, 0.3) is 0 Å². The Balaban J connectivity index is 2.23. The number of nitrogens with two attached hydrogens (primary N) is 1. The minimum absolute atomic E-state index is 0.149. The number of fused-ring (bicyclic) bond motifs is 2. The second-order valence-corrected chi connectivity index (χ2v) is 11.0. The standard InChI is InChI=1S/C15H14FI2N2/c1-9-15-12(3-2-6-20-15)18-13-7-10(16)4-5-11(13)14(8-19)17-9/h2-7,14H,8,19H2,1H3/q-1. The zero-order valence-corrected chi connectivity index (χ0v) is 15.2. The van der Waals surface area contributed by atoms with E-state index in [-0.39, 0.29) is 26.5 Å². The van der Waals surface area contributed by atoms with Crippen LogP contribution in [0.4, 0.5) is 4.39 Å². The summed E-state index contributed by atoms with van der Waals surface area (Å²) >= 11 is -0.631. The quantitative estimate of drug-likeness (QED) is 0.443. The van der Waals surface area contributed by atoms with Crippen LogP contribution >= 0.6 is 20.7 Å². The number of alkyl halides is 1. The molecule has 2 nitrogen and oxygen atoms in total. The van der Waals surface area contributed by atoms with Crippen LogP contribution in [-0.2, 0) is 0 Å². The second-order valence-electron chi connectivity index (χ2n) is 4.44. The molecule has 0 bridgehead atoms. The molecule has 0 saturated heterocycles. The van der Waals surface area contributed by atoms with Crippen LogP contribution in [0.15, 0.2) is 36.5 Å². The monoisotopic (exact) mass is 495 g/mol. The molecule has 2 N–H and O–H groups in total. The molecule has 0 amide bonds. The van der Waals surface area contributed by atoms with Crippen molar-refractivity contribution in [3.8, 4) is 0 Å². The molecular formula is C15H14FI2N2-. The van der Waals surface area contributed by atoms with Crippen LogP contribution in [-0.4, -0.2) is 15.0 Å². The topological polar surface area (TPSA) is 38.9 Å². The van der Waals surface area contributed by atoms with Crippen LogP contribution in [0.2, 0.25) is 0 Å². The average molecular weight is 495 g/mol. The van der Waals surface area contributed by atoms with Crippen molar-refractivity contribution in [2.75, 3.05) is 6.54 Å². The molecule has 5 heteroatoms. The fourth-order valence-electron chi connectivity index (χ4n) is 2.14. The summed E-state index contributed by atoms with van der Waals surface area (Å²) in [6.45, 7) is 2.81. The number of pyridine rings is 1. The first-order chi connectivity index (χ1) is 9.69. The van der Waals surface area contributed by atoms with Crippen LogP contribution in [0, 0.1) is 13.0 Å². The van der Waals surface area contributed by atoms with Crippen molar-refractivity contribution in [1.82, 2.24) is 4.98 Å². The molecule has 1 aliphatic rings. The van der Waals surface area contributed by atoms with E-state index in [1.165, 1.54) is 16.2 Å². The number of halogens is 3.